The number of carbonyl (C=O) groups is 1. The fraction of sp³-hybridized carbons (Fsp3) is 0.714. The lowest BCUT2D eigenvalue weighted by atomic mass is 10.1. The maximum Gasteiger partial charge on any atom is 0.347 e. The molecule has 0 saturated carbocycles. The molecule has 1 N–H and O–H groups in total. The van der Waals surface area contributed by atoms with Crippen LogP contribution in [0.3, 0.4) is 0 Å². The van der Waals surface area contributed by atoms with Gasteiger partial charge in [0.2, 0.25) is 0 Å². The molecule has 0 saturated heterocycles. The van der Waals surface area contributed by atoms with Gasteiger partial charge in [-0.05, 0) is 33.9 Å². The van der Waals surface area contributed by atoms with Gasteiger partial charge < -0.3 is 14.9 Å². The van der Waals surface area contributed by atoms with Gasteiger partial charge in [0.05, 0.1) is 5.69 Å². The average Bonchev–Trinajstić information content (AvgIpc) is 2.74. The standard InChI is InChI=1S/C14H25N3O2S/c1-7-17(10(4)8-16(5)6)14-15-11(9(2)3)12(20-14)13(18)19/h9-10H,7-8H2,1-6H3,(H,18,19). The smallest absolute Gasteiger partial charge is 0.347 e. The summed E-state index contributed by atoms with van der Waals surface area (Å²) in [6.07, 6.45) is 0. The van der Waals surface area contributed by atoms with E-state index in [4.69, 9.17) is 0 Å². The van der Waals surface area contributed by atoms with Crippen LogP contribution >= 0.6 is 11.3 Å². The van der Waals surface area contributed by atoms with Gasteiger partial charge in [-0.15, -0.1) is 0 Å². The summed E-state index contributed by atoms with van der Waals surface area (Å²) in [6, 6.07) is 0.294. The van der Waals surface area contributed by atoms with Gasteiger partial charge in [0, 0.05) is 19.1 Å². The molecule has 1 atom stereocenters. The Morgan fingerprint density at radius 2 is 1.95 bits per heavy atom. The molecule has 0 fully saturated rings. The van der Waals surface area contributed by atoms with Crippen LogP contribution in [-0.2, 0) is 0 Å². The second-order valence-corrected chi connectivity index (χ2v) is 6.55. The Labute approximate surface area is 125 Å². The Balaban J connectivity index is 3.10. The van der Waals surface area contributed by atoms with Gasteiger partial charge in [0.15, 0.2) is 5.13 Å². The molecule has 0 amide bonds. The zero-order chi connectivity index (χ0) is 15.4. The molecule has 0 aliphatic rings. The third kappa shape index (κ3) is 3.93. The van der Waals surface area contributed by atoms with Crippen molar-refractivity contribution in [3.63, 3.8) is 0 Å². The first-order valence-electron chi connectivity index (χ1n) is 6.93. The molecule has 0 spiro atoms. The molecule has 1 rings (SSSR count). The first kappa shape index (κ1) is 16.9. The number of aromatic nitrogens is 1. The lowest BCUT2D eigenvalue weighted by Gasteiger charge is -2.29. The maximum atomic E-state index is 11.3. The summed E-state index contributed by atoms with van der Waals surface area (Å²) in [5.74, 6) is -0.761. The van der Waals surface area contributed by atoms with Crippen LogP contribution in [0.4, 0.5) is 5.13 Å². The Morgan fingerprint density at radius 3 is 2.30 bits per heavy atom. The summed E-state index contributed by atoms with van der Waals surface area (Å²) in [5, 5.41) is 10.1. The predicted molar refractivity (Wildman–Crippen MR) is 84.2 cm³/mol. The normalized spacial score (nSPS) is 13.0. The SMILES string of the molecule is CCN(c1nc(C(C)C)c(C(=O)O)s1)C(C)CN(C)C. The molecular weight excluding hydrogens is 274 g/mol. The quantitative estimate of drug-likeness (QED) is 0.839. The highest BCUT2D eigenvalue weighted by atomic mass is 32.1. The number of likely N-dealkylation sites (N-methyl/N-ethyl adjacent to an activating group) is 2. The maximum absolute atomic E-state index is 11.3. The van der Waals surface area contributed by atoms with Crippen molar-refractivity contribution in [2.24, 2.45) is 0 Å². The molecule has 0 radical (unpaired) electrons. The highest BCUT2D eigenvalue weighted by molar-refractivity contribution is 7.17. The molecule has 0 bridgehead atoms. The Bertz CT molecular complexity index is 457. The van der Waals surface area contributed by atoms with Crippen LogP contribution in [0.25, 0.3) is 0 Å². The Morgan fingerprint density at radius 1 is 1.35 bits per heavy atom. The first-order chi connectivity index (χ1) is 9.27. The molecule has 6 heteroatoms. The third-order valence-electron chi connectivity index (χ3n) is 3.13. The molecule has 1 unspecified atom stereocenters. The summed E-state index contributed by atoms with van der Waals surface area (Å²) >= 11 is 1.28. The van der Waals surface area contributed by atoms with Crippen LogP contribution in [0.15, 0.2) is 0 Å². The van der Waals surface area contributed by atoms with Gasteiger partial charge in [-0.2, -0.15) is 0 Å². The first-order valence-corrected chi connectivity index (χ1v) is 7.74. The summed E-state index contributed by atoms with van der Waals surface area (Å²) in [7, 11) is 4.07. The van der Waals surface area contributed by atoms with E-state index in [1.165, 1.54) is 11.3 Å². The highest BCUT2D eigenvalue weighted by Crippen LogP contribution is 2.31. The van der Waals surface area contributed by atoms with Crippen molar-refractivity contribution in [1.29, 1.82) is 0 Å². The lowest BCUT2D eigenvalue weighted by Crippen LogP contribution is -2.40. The molecule has 1 aromatic rings. The van der Waals surface area contributed by atoms with Gasteiger partial charge in [-0.3, -0.25) is 0 Å². The summed E-state index contributed by atoms with van der Waals surface area (Å²) < 4.78 is 0. The zero-order valence-electron chi connectivity index (χ0n) is 13.2. The fourth-order valence-electron chi connectivity index (χ4n) is 2.25. The number of carboxylic acids is 1. The van der Waals surface area contributed by atoms with Crippen LogP contribution in [-0.4, -0.2) is 54.2 Å². The molecule has 0 aliphatic carbocycles. The van der Waals surface area contributed by atoms with E-state index in [0.29, 0.717) is 16.6 Å². The van der Waals surface area contributed by atoms with Gasteiger partial charge in [-0.25, -0.2) is 9.78 Å². The number of nitrogens with zero attached hydrogens (tertiary/aromatic N) is 3. The predicted octanol–water partition coefficient (Wildman–Crippen LogP) is 2.74. The Kier molecular flexibility index (Phi) is 5.95. The van der Waals surface area contributed by atoms with E-state index in [2.05, 4.69) is 28.6 Å². The van der Waals surface area contributed by atoms with Crippen molar-refractivity contribution in [3.05, 3.63) is 10.6 Å². The summed E-state index contributed by atoms with van der Waals surface area (Å²) in [4.78, 5) is 20.6. The van der Waals surface area contributed by atoms with E-state index < -0.39 is 5.97 Å². The number of hydrogen-bond acceptors (Lipinski definition) is 5. The summed E-state index contributed by atoms with van der Waals surface area (Å²) in [6.45, 7) is 9.89. The van der Waals surface area contributed by atoms with Crippen LogP contribution < -0.4 is 4.90 Å². The Hall–Kier alpha value is -1.14. The van der Waals surface area contributed by atoms with Gasteiger partial charge in [0.25, 0.3) is 0 Å². The van der Waals surface area contributed by atoms with Gasteiger partial charge in [-0.1, -0.05) is 25.2 Å². The van der Waals surface area contributed by atoms with Crippen molar-refractivity contribution in [1.82, 2.24) is 9.88 Å². The monoisotopic (exact) mass is 299 g/mol. The number of thiazole rings is 1. The fourth-order valence-corrected chi connectivity index (χ4v) is 3.48. The highest BCUT2D eigenvalue weighted by Gasteiger charge is 2.24. The second-order valence-electron chi connectivity index (χ2n) is 5.57. The van der Waals surface area contributed by atoms with Crippen LogP contribution in [0.2, 0.25) is 0 Å². The third-order valence-corrected chi connectivity index (χ3v) is 4.23. The minimum Gasteiger partial charge on any atom is -0.477 e. The van der Waals surface area contributed by atoms with Crippen LogP contribution in [0.1, 0.15) is 49.0 Å². The number of rotatable bonds is 7. The molecule has 0 aromatic carbocycles. The van der Waals surface area contributed by atoms with Crippen molar-refractivity contribution < 1.29 is 9.90 Å². The van der Waals surface area contributed by atoms with E-state index in [-0.39, 0.29) is 5.92 Å². The average molecular weight is 299 g/mol. The lowest BCUT2D eigenvalue weighted by molar-refractivity contribution is 0.0700. The minimum atomic E-state index is -0.881. The van der Waals surface area contributed by atoms with Crippen molar-refractivity contribution >= 4 is 22.4 Å². The molecule has 114 valence electrons. The van der Waals surface area contributed by atoms with Crippen LogP contribution in [0.5, 0.6) is 0 Å². The number of aromatic carboxylic acids is 1. The molecular formula is C14H25N3O2S. The van der Waals surface area contributed by atoms with Crippen molar-refractivity contribution in [2.75, 3.05) is 32.1 Å². The van der Waals surface area contributed by atoms with Crippen molar-refractivity contribution in [2.45, 2.75) is 39.7 Å². The molecule has 1 heterocycles. The molecule has 5 nitrogen and oxygen atoms in total. The van der Waals surface area contributed by atoms with Gasteiger partial charge in [0.1, 0.15) is 4.88 Å². The molecule has 20 heavy (non-hydrogen) atoms. The van der Waals surface area contributed by atoms with Crippen molar-refractivity contribution in [3.8, 4) is 0 Å². The number of hydrogen-bond donors (Lipinski definition) is 1. The minimum absolute atomic E-state index is 0.119. The van der Waals surface area contributed by atoms with E-state index in [0.717, 1.165) is 18.2 Å². The number of anilines is 1. The molecule has 0 aliphatic heterocycles. The largest absolute Gasteiger partial charge is 0.477 e. The second kappa shape index (κ2) is 7.04. The van der Waals surface area contributed by atoms with E-state index in [1.54, 1.807) is 0 Å². The number of carboxylic acid groups (broad SMARTS) is 1. The van der Waals surface area contributed by atoms with E-state index in [9.17, 15) is 9.90 Å². The molecule has 1 aromatic heterocycles. The summed E-state index contributed by atoms with van der Waals surface area (Å²) in [5.41, 5.74) is 0.688. The van der Waals surface area contributed by atoms with Crippen LogP contribution in [0, 0.1) is 0 Å². The zero-order valence-corrected chi connectivity index (χ0v) is 14.0. The van der Waals surface area contributed by atoms with E-state index in [1.807, 2.05) is 27.9 Å². The van der Waals surface area contributed by atoms with Gasteiger partial charge >= 0.3 is 5.97 Å². The topological polar surface area (TPSA) is 56.7 Å². The van der Waals surface area contributed by atoms with E-state index >= 15 is 0 Å².